The van der Waals surface area contributed by atoms with E-state index in [1.165, 1.54) is 0 Å². The first-order valence-electron chi connectivity index (χ1n) is 8.93. The molecule has 0 spiro atoms. The van der Waals surface area contributed by atoms with Gasteiger partial charge in [0.15, 0.2) is 5.96 Å². The van der Waals surface area contributed by atoms with E-state index in [1.807, 2.05) is 12.1 Å². The molecule has 24 heavy (non-hydrogen) atoms. The molecule has 1 aliphatic rings. The van der Waals surface area contributed by atoms with Crippen LogP contribution >= 0.6 is 0 Å². The summed E-state index contributed by atoms with van der Waals surface area (Å²) in [5.74, 6) is 1.60. The van der Waals surface area contributed by atoms with Crippen LogP contribution in [0.4, 0.5) is 0 Å². The van der Waals surface area contributed by atoms with E-state index in [-0.39, 0.29) is 0 Å². The van der Waals surface area contributed by atoms with Gasteiger partial charge in [-0.2, -0.15) is 0 Å². The molecule has 0 radical (unpaired) electrons. The van der Waals surface area contributed by atoms with E-state index in [9.17, 15) is 5.11 Å². The molecule has 1 unspecified atom stereocenters. The number of nitrogens with zero attached hydrogens (tertiary/aromatic N) is 4. The molecule has 0 saturated carbocycles. The van der Waals surface area contributed by atoms with Crippen molar-refractivity contribution in [1.29, 1.82) is 0 Å². The van der Waals surface area contributed by atoms with Gasteiger partial charge in [-0.25, -0.2) is 0 Å². The summed E-state index contributed by atoms with van der Waals surface area (Å²) >= 11 is 0. The summed E-state index contributed by atoms with van der Waals surface area (Å²) in [7, 11) is 0. The minimum atomic E-state index is -0.594. The van der Waals surface area contributed by atoms with E-state index < -0.39 is 6.10 Å². The average Bonchev–Trinajstić information content (AvgIpc) is 2.59. The summed E-state index contributed by atoms with van der Waals surface area (Å²) < 4.78 is 0. The van der Waals surface area contributed by atoms with E-state index >= 15 is 0 Å². The molecule has 0 aliphatic carbocycles. The highest BCUT2D eigenvalue weighted by Gasteiger charge is 2.20. The second-order valence-electron chi connectivity index (χ2n) is 6.67. The zero-order chi connectivity index (χ0) is 17.4. The van der Waals surface area contributed by atoms with Gasteiger partial charge in [0, 0.05) is 51.7 Å². The summed E-state index contributed by atoms with van der Waals surface area (Å²) in [6, 6.07) is 3.66. The fraction of sp³-hybridized carbons (Fsp3) is 0.667. The van der Waals surface area contributed by atoms with Crippen LogP contribution in [0.1, 0.15) is 32.4 Å². The Kier molecular flexibility index (Phi) is 7.46. The van der Waals surface area contributed by atoms with Gasteiger partial charge in [0.05, 0.1) is 12.6 Å². The van der Waals surface area contributed by atoms with Gasteiger partial charge in [0.25, 0.3) is 0 Å². The fourth-order valence-corrected chi connectivity index (χ4v) is 2.95. The lowest BCUT2D eigenvalue weighted by Crippen LogP contribution is -2.53. The molecule has 0 bridgehead atoms. The Hall–Kier alpha value is -1.66. The Morgan fingerprint density at radius 3 is 2.50 bits per heavy atom. The van der Waals surface area contributed by atoms with Crippen molar-refractivity contribution < 1.29 is 5.11 Å². The van der Waals surface area contributed by atoms with E-state index in [2.05, 4.69) is 45.9 Å². The van der Waals surface area contributed by atoms with Gasteiger partial charge in [-0.1, -0.05) is 13.8 Å². The first-order chi connectivity index (χ1) is 11.6. The summed E-state index contributed by atoms with van der Waals surface area (Å²) in [6.45, 7) is 13.0. The maximum Gasteiger partial charge on any atom is 0.194 e. The van der Waals surface area contributed by atoms with Crippen LogP contribution in [0.5, 0.6) is 0 Å². The monoisotopic (exact) mass is 333 g/mol. The molecule has 1 aliphatic heterocycles. The molecule has 1 aromatic rings. The number of rotatable bonds is 6. The number of aliphatic imine (C=N–C) groups is 1. The van der Waals surface area contributed by atoms with Gasteiger partial charge in [0.2, 0.25) is 0 Å². The van der Waals surface area contributed by atoms with Gasteiger partial charge >= 0.3 is 0 Å². The van der Waals surface area contributed by atoms with Crippen molar-refractivity contribution in [2.24, 2.45) is 10.9 Å². The SMILES string of the molecule is CCNC(=NCC(O)c1ccncc1)N1CCN(CC(C)C)CC1. The van der Waals surface area contributed by atoms with Gasteiger partial charge in [-0.15, -0.1) is 0 Å². The van der Waals surface area contributed by atoms with Gasteiger partial charge in [0.1, 0.15) is 0 Å². The number of nitrogens with one attached hydrogen (secondary N) is 1. The third-order valence-corrected chi connectivity index (χ3v) is 4.13. The normalized spacial score (nSPS) is 18.0. The van der Waals surface area contributed by atoms with Crippen LogP contribution in [-0.2, 0) is 0 Å². The highest BCUT2D eigenvalue weighted by atomic mass is 16.3. The zero-order valence-corrected chi connectivity index (χ0v) is 15.1. The van der Waals surface area contributed by atoms with Crippen molar-refractivity contribution in [2.45, 2.75) is 26.9 Å². The first-order valence-corrected chi connectivity index (χ1v) is 8.93. The lowest BCUT2D eigenvalue weighted by atomic mass is 10.1. The molecule has 6 nitrogen and oxygen atoms in total. The smallest absolute Gasteiger partial charge is 0.194 e. The predicted octanol–water partition coefficient (Wildman–Crippen LogP) is 1.35. The minimum absolute atomic E-state index is 0.360. The van der Waals surface area contributed by atoms with Crippen LogP contribution < -0.4 is 5.32 Å². The second-order valence-corrected chi connectivity index (χ2v) is 6.67. The number of guanidine groups is 1. The van der Waals surface area contributed by atoms with Gasteiger partial charge in [-0.05, 0) is 30.5 Å². The zero-order valence-electron chi connectivity index (χ0n) is 15.1. The fourth-order valence-electron chi connectivity index (χ4n) is 2.95. The lowest BCUT2D eigenvalue weighted by Gasteiger charge is -2.37. The largest absolute Gasteiger partial charge is 0.386 e. The van der Waals surface area contributed by atoms with Crippen LogP contribution in [0.2, 0.25) is 0 Å². The highest BCUT2D eigenvalue weighted by Crippen LogP contribution is 2.12. The highest BCUT2D eigenvalue weighted by molar-refractivity contribution is 5.80. The van der Waals surface area contributed by atoms with Crippen molar-refractivity contribution in [3.63, 3.8) is 0 Å². The Morgan fingerprint density at radius 2 is 1.92 bits per heavy atom. The second kappa shape index (κ2) is 9.59. The molecule has 2 rings (SSSR count). The number of aromatic nitrogens is 1. The average molecular weight is 333 g/mol. The lowest BCUT2D eigenvalue weighted by molar-refractivity contribution is 0.162. The van der Waals surface area contributed by atoms with Gasteiger partial charge in [-0.3, -0.25) is 14.9 Å². The number of hydrogen-bond donors (Lipinski definition) is 2. The van der Waals surface area contributed by atoms with Crippen LogP contribution in [0.15, 0.2) is 29.5 Å². The summed E-state index contributed by atoms with van der Waals surface area (Å²) in [5.41, 5.74) is 0.853. The molecule has 1 fully saturated rings. The Balaban J connectivity index is 1.91. The Labute approximate surface area is 145 Å². The van der Waals surface area contributed by atoms with E-state index in [0.717, 1.165) is 50.8 Å². The van der Waals surface area contributed by atoms with Crippen LogP contribution in [0, 0.1) is 5.92 Å². The Bertz CT molecular complexity index is 497. The number of pyridine rings is 1. The number of aliphatic hydroxyl groups is 1. The molecular formula is C18H31N5O. The molecule has 134 valence electrons. The molecule has 0 amide bonds. The van der Waals surface area contributed by atoms with Gasteiger partial charge < -0.3 is 15.3 Å². The minimum Gasteiger partial charge on any atom is -0.386 e. The molecular weight excluding hydrogens is 302 g/mol. The molecule has 2 heterocycles. The molecule has 2 N–H and O–H groups in total. The summed E-state index contributed by atoms with van der Waals surface area (Å²) in [6.07, 6.45) is 2.80. The number of hydrogen-bond acceptors (Lipinski definition) is 4. The standard InChI is InChI=1S/C18H31N5O/c1-4-20-18(21-13-17(24)16-5-7-19-8-6-16)23-11-9-22(10-12-23)14-15(2)3/h5-8,15,17,24H,4,9-14H2,1-3H3,(H,20,21). The van der Waals surface area contributed by atoms with Crippen molar-refractivity contribution in [1.82, 2.24) is 20.1 Å². The number of aliphatic hydroxyl groups excluding tert-OH is 1. The van der Waals surface area contributed by atoms with Crippen LogP contribution in [0.3, 0.4) is 0 Å². The molecule has 6 heteroatoms. The molecule has 0 aromatic carbocycles. The van der Waals surface area contributed by atoms with Crippen LogP contribution in [-0.4, -0.2) is 71.7 Å². The summed E-state index contributed by atoms with van der Waals surface area (Å²) in [5, 5.41) is 13.6. The molecule has 1 atom stereocenters. The number of piperazine rings is 1. The van der Waals surface area contributed by atoms with Crippen molar-refractivity contribution in [3.8, 4) is 0 Å². The topological polar surface area (TPSA) is 64.0 Å². The van der Waals surface area contributed by atoms with E-state index in [1.54, 1.807) is 12.4 Å². The van der Waals surface area contributed by atoms with Crippen molar-refractivity contribution in [3.05, 3.63) is 30.1 Å². The molecule has 1 saturated heterocycles. The van der Waals surface area contributed by atoms with Crippen molar-refractivity contribution >= 4 is 5.96 Å². The third kappa shape index (κ3) is 5.76. The quantitative estimate of drug-likeness (QED) is 0.608. The van der Waals surface area contributed by atoms with E-state index in [0.29, 0.717) is 12.5 Å². The predicted molar refractivity (Wildman–Crippen MR) is 98.0 cm³/mol. The maximum absolute atomic E-state index is 10.3. The molecule has 1 aromatic heterocycles. The Morgan fingerprint density at radius 1 is 1.25 bits per heavy atom. The maximum atomic E-state index is 10.3. The van der Waals surface area contributed by atoms with Crippen molar-refractivity contribution in [2.75, 3.05) is 45.8 Å². The first kappa shape index (κ1) is 18.7. The van der Waals surface area contributed by atoms with Crippen LogP contribution in [0.25, 0.3) is 0 Å². The third-order valence-electron chi connectivity index (χ3n) is 4.13. The summed E-state index contributed by atoms with van der Waals surface area (Å²) in [4.78, 5) is 13.4. The van der Waals surface area contributed by atoms with E-state index in [4.69, 9.17) is 0 Å².